The van der Waals surface area contributed by atoms with Gasteiger partial charge in [0.2, 0.25) is 0 Å². The Hall–Kier alpha value is -2.11. The summed E-state index contributed by atoms with van der Waals surface area (Å²) in [7, 11) is 0. The number of rotatable bonds is 4. The van der Waals surface area contributed by atoms with Crippen molar-refractivity contribution in [3.63, 3.8) is 0 Å². The molecule has 0 radical (unpaired) electrons. The molecule has 0 saturated carbocycles. The van der Waals surface area contributed by atoms with Crippen LogP contribution in [0.5, 0.6) is 0 Å². The van der Waals surface area contributed by atoms with Crippen LogP contribution in [-0.2, 0) is 0 Å². The van der Waals surface area contributed by atoms with Crippen molar-refractivity contribution in [3.8, 4) is 0 Å². The van der Waals surface area contributed by atoms with Gasteiger partial charge in [0.25, 0.3) is 0 Å². The molecule has 5 heteroatoms. The van der Waals surface area contributed by atoms with Gasteiger partial charge in [-0.3, -0.25) is 4.99 Å². The Bertz CT molecular complexity index is 599. The van der Waals surface area contributed by atoms with Crippen LogP contribution in [0.3, 0.4) is 0 Å². The van der Waals surface area contributed by atoms with Crippen LogP contribution in [0.2, 0.25) is 0 Å². The average Bonchev–Trinajstić information content (AvgIpc) is 2.46. The minimum absolute atomic E-state index is 0.383. The number of hydrogen-bond acceptors (Lipinski definition) is 3. The molecule has 20 heavy (non-hydrogen) atoms. The molecule has 4 N–H and O–H groups in total. The first-order chi connectivity index (χ1) is 9.56. The third kappa shape index (κ3) is 3.69. The predicted octanol–water partition coefficient (Wildman–Crippen LogP) is 2.71. The van der Waals surface area contributed by atoms with E-state index in [1.807, 2.05) is 48.5 Å². The van der Waals surface area contributed by atoms with Crippen LogP contribution < -0.4 is 11.5 Å². The maximum atomic E-state index is 5.54. The number of nitrogens with zero attached hydrogens (tertiary/aromatic N) is 1. The van der Waals surface area contributed by atoms with E-state index >= 15 is 0 Å². The van der Waals surface area contributed by atoms with Crippen molar-refractivity contribution < 1.29 is 0 Å². The SMILES string of the molecule is NC(=S)c1ccc(C=Nc2ccc(C(N)=S)cc2)cc1. The minimum atomic E-state index is 0.383. The number of nitrogens with two attached hydrogens (primary N) is 2. The molecule has 0 aliphatic heterocycles. The van der Waals surface area contributed by atoms with E-state index in [0.29, 0.717) is 9.98 Å². The highest BCUT2D eigenvalue weighted by Crippen LogP contribution is 2.13. The smallest absolute Gasteiger partial charge is 0.103 e. The molecule has 2 aromatic rings. The fraction of sp³-hybridized carbons (Fsp3) is 0. The topological polar surface area (TPSA) is 64.4 Å². The fourth-order valence-corrected chi connectivity index (χ4v) is 1.87. The molecule has 0 amide bonds. The van der Waals surface area contributed by atoms with Gasteiger partial charge in [-0.15, -0.1) is 0 Å². The van der Waals surface area contributed by atoms with Crippen LogP contribution in [0.15, 0.2) is 53.5 Å². The molecule has 0 aliphatic carbocycles. The Balaban J connectivity index is 2.12. The summed E-state index contributed by atoms with van der Waals surface area (Å²) in [5.74, 6) is 0. The standard InChI is InChI=1S/C15H13N3S2/c16-14(19)11-3-1-10(2-4-11)9-18-13-7-5-12(6-8-13)15(17)20/h1-9H,(H2,16,19)(H2,17,20). The summed E-state index contributed by atoms with van der Waals surface area (Å²) < 4.78 is 0. The molecule has 100 valence electrons. The van der Waals surface area contributed by atoms with Crippen molar-refractivity contribution in [1.29, 1.82) is 0 Å². The second-order valence-corrected chi connectivity index (χ2v) is 5.04. The van der Waals surface area contributed by atoms with Crippen LogP contribution in [0.4, 0.5) is 5.69 Å². The fourth-order valence-electron chi connectivity index (χ4n) is 1.59. The van der Waals surface area contributed by atoms with Crippen molar-refractivity contribution >= 4 is 46.3 Å². The first kappa shape index (κ1) is 14.3. The largest absolute Gasteiger partial charge is 0.389 e. The highest BCUT2D eigenvalue weighted by molar-refractivity contribution is 7.80. The van der Waals surface area contributed by atoms with Crippen molar-refractivity contribution in [2.45, 2.75) is 0 Å². The van der Waals surface area contributed by atoms with Crippen LogP contribution in [0.1, 0.15) is 16.7 Å². The zero-order valence-corrected chi connectivity index (χ0v) is 12.2. The lowest BCUT2D eigenvalue weighted by atomic mass is 10.1. The molecule has 0 heterocycles. The van der Waals surface area contributed by atoms with E-state index in [-0.39, 0.29) is 0 Å². The molecular weight excluding hydrogens is 286 g/mol. The molecule has 0 spiro atoms. The molecule has 0 unspecified atom stereocenters. The third-order valence-electron chi connectivity index (χ3n) is 2.71. The summed E-state index contributed by atoms with van der Waals surface area (Å²) in [6.45, 7) is 0. The first-order valence-corrected chi connectivity index (χ1v) is 6.72. The van der Waals surface area contributed by atoms with Crippen molar-refractivity contribution in [2.75, 3.05) is 0 Å². The second-order valence-electron chi connectivity index (χ2n) is 4.16. The van der Waals surface area contributed by atoms with Crippen molar-refractivity contribution in [2.24, 2.45) is 16.5 Å². The molecule has 0 fully saturated rings. The molecule has 0 bridgehead atoms. The van der Waals surface area contributed by atoms with E-state index in [2.05, 4.69) is 4.99 Å². The average molecular weight is 299 g/mol. The van der Waals surface area contributed by atoms with Gasteiger partial charge in [0.1, 0.15) is 9.98 Å². The summed E-state index contributed by atoms with van der Waals surface area (Å²) in [6.07, 6.45) is 1.78. The van der Waals surface area contributed by atoms with Crippen LogP contribution in [-0.4, -0.2) is 16.2 Å². The normalized spacial score (nSPS) is 10.6. The maximum Gasteiger partial charge on any atom is 0.103 e. The van der Waals surface area contributed by atoms with Gasteiger partial charge in [0.15, 0.2) is 0 Å². The Kier molecular flexibility index (Phi) is 4.55. The van der Waals surface area contributed by atoms with Crippen LogP contribution in [0, 0.1) is 0 Å². The van der Waals surface area contributed by atoms with Gasteiger partial charge < -0.3 is 11.5 Å². The Morgan fingerprint density at radius 1 is 0.800 bits per heavy atom. The van der Waals surface area contributed by atoms with Gasteiger partial charge in [-0.05, 0) is 29.8 Å². The first-order valence-electron chi connectivity index (χ1n) is 5.90. The zero-order chi connectivity index (χ0) is 14.5. The molecule has 0 saturated heterocycles. The van der Waals surface area contributed by atoms with Crippen molar-refractivity contribution in [1.82, 2.24) is 0 Å². The van der Waals surface area contributed by atoms with E-state index in [1.54, 1.807) is 6.21 Å². The zero-order valence-electron chi connectivity index (χ0n) is 10.6. The minimum Gasteiger partial charge on any atom is -0.389 e. The van der Waals surface area contributed by atoms with Crippen LogP contribution >= 0.6 is 24.4 Å². The van der Waals surface area contributed by atoms with Gasteiger partial charge in [-0.25, -0.2) is 0 Å². The molecule has 0 aliphatic rings. The Morgan fingerprint density at radius 3 is 1.70 bits per heavy atom. The highest BCUT2D eigenvalue weighted by atomic mass is 32.1. The molecule has 0 aromatic heterocycles. The van der Waals surface area contributed by atoms with E-state index in [4.69, 9.17) is 35.9 Å². The Labute approximate surface area is 128 Å². The van der Waals surface area contributed by atoms with E-state index < -0.39 is 0 Å². The molecular formula is C15H13N3S2. The number of thiocarbonyl (C=S) groups is 2. The lowest BCUT2D eigenvalue weighted by molar-refractivity contribution is 1.51. The summed E-state index contributed by atoms with van der Waals surface area (Å²) in [5.41, 5.74) is 14.6. The van der Waals surface area contributed by atoms with Gasteiger partial charge in [0, 0.05) is 17.3 Å². The molecule has 2 rings (SSSR count). The number of benzene rings is 2. The summed E-state index contributed by atoms with van der Waals surface area (Å²) in [6, 6.07) is 15.0. The summed E-state index contributed by atoms with van der Waals surface area (Å²) in [4.78, 5) is 5.15. The van der Waals surface area contributed by atoms with Crippen molar-refractivity contribution in [3.05, 3.63) is 65.2 Å². The highest BCUT2D eigenvalue weighted by Gasteiger charge is 1.96. The molecule has 2 aromatic carbocycles. The van der Waals surface area contributed by atoms with Gasteiger partial charge in [-0.2, -0.15) is 0 Å². The summed E-state index contributed by atoms with van der Waals surface area (Å²) >= 11 is 9.80. The maximum absolute atomic E-state index is 5.54. The van der Waals surface area contributed by atoms with E-state index in [0.717, 1.165) is 22.4 Å². The second kappa shape index (κ2) is 6.36. The van der Waals surface area contributed by atoms with Gasteiger partial charge in [0.05, 0.1) is 5.69 Å². The molecule has 3 nitrogen and oxygen atoms in total. The third-order valence-corrected chi connectivity index (χ3v) is 3.18. The quantitative estimate of drug-likeness (QED) is 0.673. The monoisotopic (exact) mass is 299 g/mol. The lowest BCUT2D eigenvalue weighted by Gasteiger charge is -2.00. The van der Waals surface area contributed by atoms with Gasteiger partial charge in [-0.1, -0.05) is 48.7 Å². The van der Waals surface area contributed by atoms with E-state index in [1.165, 1.54) is 0 Å². The number of aliphatic imine (C=N–C) groups is 1. The number of hydrogen-bond donors (Lipinski definition) is 2. The predicted molar refractivity (Wildman–Crippen MR) is 91.9 cm³/mol. The Morgan fingerprint density at radius 2 is 1.25 bits per heavy atom. The molecule has 0 atom stereocenters. The van der Waals surface area contributed by atoms with E-state index in [9.17, 15) is 0 Å². The van der Waals surface area contributed by atoms with Crippen LogP contribution in [0.25, 0.3) is 0 Å². The van der Waals surface area contributed by atoms with Gasteiger partial charge >= 0.3 is 0 Å². The summed E-state index contributed by atoms with van der Waals surface area (Å²) in [5, 5.41) is 0. The lowest BCUT2D eigenvalue weighted by Crippen LogP contribution is -2.08.